The number of benzene rings is 1. The second kappa shape index (κ2) is 9.30. The molecule has 0 aliphatic carbocycles. The van der Waals surface area contributed by atoms with Crippen LogP contribution in [0.5, 0.6) is 0 Å². The fraction of sp³-hybridized carbons (Fsp3) is 0.286. The van der Waals surface area contributed by atoms with E-state index < -0.39 is 23.3 Å². The van der Waals surface area contributed by atoms with Gasteiger partial charge in [-0.2, -0.15) is 0 Å². The highest BCUT2D eigenvalue weighted by Crippen LogP contribution is 2.33. The molecule has 7 nitrogen and oxygen atoms in total. The zero-order valence-electron chi connectivity index (χ0n) is 16.9. The maximum atomic E-state index is 14.2. The maximum Gasteiger partial charge on any atom is 0.248 e. The molecule has 0 bridgehead atoms. The van der Waals surface area contributed by atoms with Crippen molar-refractivity contribution in [1.29, 1.82) is 0 Å². The average Bonchev–Trinajstić information content (AvgIpc) is 2.73. The van der Waals surface area contributed by atoms with Crippen molar-refractivity contribution in [3.05, 3.63) is 64.8 Å². The maximum absolute atomic E-state index is 14.2. The Bertz CT molecular complexity index is 1080. The normalized spacial score (nSPS) is 14.0. The minimum absolute atomic E-state index is 0.0548. The molecule has 0 aliphatic heterocycles. The Morgan fingerprint density at radius 2 is 2.06 bits per heavy atom. The van der Waals surface area contributed by atoms with Gasteiger partial charge in [-0.3, -0.25) is 9.78 Å². The molecule has 10 heteroatoms. The van der Waals surface area contributed by atoms with E-state index in [-0.39, 0.29) is 35.7 Å². The lowest BCUT2D eigenvalue weighted by Gasteiger charge is -2.30. The predicted octanol–water partition coefficient (Wildman–Crippen LogP) is 3.94. The van der Waals surface area contributed by atoms with E-state index >= 15 is 0 Å². The van der Waals surface area contributed by atoms with Gasteiger partial charge in [-0.05, 0) is 43.7 Å². The van der Waals surface area contributed by atoms with E-state index in [9.17, 15) is 13.6 Å². The number of amides is 1. The van der Waals surface area contributed by atoms with Gasteiger partial charge in [-0.15, -0.1) is 10.2 Å². The molecule has 2 atom stereocenters. The smallest absolute Gasteiger partial charge is 0.248 e. The molecule has 0 saturated heterocycles. The molecule has 1 amide bonds. The third kappa shape index (κ3) is 5.29. The molecule has 0 aliphatic rings. The minimum atomic E-state index is -1.09. The van der Waals surface area contributed by atoms with Crippen molar-refractivity contribution in [2.75, 3.05) is 11.9 Å². The molecule has 0 radical (unpaired) electrons. The van der Waals surface area contributed by atoms with Crippen molar-refractivity contribution < 1.29 is 13.6 Å². The number of nitrogens with one attached hydrogen (secondary N) is 1. The summed E-state index contributed by atoms with van der Waals surface area (Å²) in [6, 6.07) is 7.11. The van der Waals surface area contributed by atoms with E-state index in [1.54, 1.807) is 18.3 Å². The SMILES string of the molecule is C[C@@H](F)C[C@](C)(CNc1ncc(-c2cc(C(N)=O)ccc2F)nn1)c1ncccc1Cl. The summed E-state index contributed by atoms with van der Waals surface area (Å²) in [6.07, 6.45) is 2.01. The first-order valence-electron chi connectivity index (χ1n) is 9.48. The third-order valence-electron chi connectivity index (χ3n) is 4.79. The number of primary amides is 1. The first-order chi connectivity index (χ1) is 14.7. The summed E-state index contributed by atoms with van der Waals surface area (Å²) in [5.74, 6) is -1.11. The highest BCUT2D eigenvalue weighted by Gasteiger charge is 2.32. The van der Waals surface area contributed by atoms with E-state index in [0.717, 1.165) is 6.07 Å². The first kappa shape index (κ1) is 22.5. The zero-order valence-corrected chi connectivity index (χ0v) is 17.7. The van der Waals surface area contributed by atoms with Gasteiger partial charge in [0.1, 0.15) is 11.5 Å². The zero-order chi connectivity index (χ0) is 22.6. The van der Waals surface area contributed by atoms with E-state index in [4.69, 9.17) is 17.3 Å². The topological polar surface area (TPSA) is 107 Å². The summed E-state index contributed by atoms with van der Waals surface area (Å²) < 4.78 is 28.0. The number of nitrogens with zero attached hydrogens (tertiary/aromatic N) is 4. The van der Waals surface area contributed by atoms with E-state index in [2.05, 4.69) is 25.5 Å². The number of pyridine rings is 1. The molecule has 3 N–H and O–H groups in total. The summed E-state index contributed by atoms with van der Waals surface area (Å²) >= 11 is 6.29. The van der Waals surface area contributed by atoms with E-state index in [0.29, 0.717) is 10.7 Å². The molecule has 2 heterocycles. The fourth-order valence-electron chi connectivity index (χ4n) is 3.33. The second-order valence-electron chi connectivity index (χ2n) is 7.46. The number of aromatic nitrogens is 4. The number of rotatable bonds is 8. The molecule has 1 aromatic carbocycles. The second-order valence-corrected chi connectivity index (χ2v) is 7.87. The van der Waals surface area contributed by atoms with E-state index in [1.165, 1.54) is 25.3 Å². The summed E-state index contributed by atoms with van der Waals surface area (Å²) in [6.45, 7) is 3.55. The van der Waals surface area contributed by atoms with Crippen LogP contribution in [0.3, 0.4) is 0 Å². The van der Waals surface area contributed by atoms with Gasteiger partial charge in [0.25, 0.3) is 0 Å². The largest absolute Gasteiger partial charge is 0.366 e. The van der Waals surface area contributed by atoms with Crippen LogP contribution in [0, 0.1) is 5.82 Å². The van der Waals surface area contributed by atoms with Crippen molar-refractivity contribution >= 4 is 23.5 Å². The number of nitrogens with two attached hydrogens (primary N) is 1. The highest BCUT2D eigenvalue weighted by atomic mass is 35.5. The van der Waals surface area contributed by atoms with Crippen LogP contribution in [0.4, 0.5) is 14.7 Å². The van der Waals surface area contributed by atoms with Gasteiger partial charge in [0.05, 0.1) is 23.1 Å². The lowest BCUT2D eigenvalue weighted by molar-refractivity contribution is 0.100. The summed E-state index contributed by atoms with van der Waals surface area (Å²) in [7, 11) is 0. The molecule has 0 saturated carbocycles. The molecular weight excluding hydrogens is 426 g/mol. The quantitative estimate of drug-likeness (QED) is 0.542. The molecule has 31 heavy (non-hydrogen) atoms. The van der Waals surface area contributed by atoms with Gasteiger partial charge in [0, 0.05) is 29.3 Å². The minimum Gasteiger partial charge on any atom is -0.366 e. The average molecular weight is 447 g/mol. The molecule has 2 aromatic heterocycles. The molecule has 0 spiro atoms. The van der Waals surface area contributed by atoms with Gasteiger partial charge >= 0.3 is 0 Å². The van der Waals surface area contributed by atoms with Crippen LogP contribution in [0.2, 0.25) is 5.02 Å². The predicted molar refractivity (Wildman–Crippen MR) is 114 cm³/mol. The van der Waals surface area contributed by atoms with Crippen LogP contribution in [0.25, 0.3) is 11.3 Å². The monoisotopic (exact) mass is 446 g/mol. The lowest BCUT2D eigenvalue weighted by atomic mass is 9.81. The van der Waals surface area contributed by atoms with Crippen LogP contribution in [0.1, 0.15) is 36.3 Å². The van der Waals surface area contributed by atoms with Crippen LogP contribution in [-0.4, -0.2) is 38.8 Å². The van der Waals surface area contributed by atoms with Crippen LogP contribution in [0.15, 0.2) is 42.7 Å². The highest BCUT2D eigenvalue weighted by molar-refractivity contribution is 6.31. The van der Waals surface area contributed by atoms with Gasteiger partial charge in [-0.25, -0.2) is 13.8 Å². The van der Waals surface area contributed by atoms with Crippen molar-refractivity contribution in [1.82, 2.24) is 20.2 Å². The molecule has 0 fully saturated rings. The van der Waals surface area contributed by atoms with Gasteiger partial charge in [-0.1, -0.05) is 18.5 Å². The van der Waals surface area contributed by atoms with Crippen molar-refractivity contribution in [2.24, 2.45) is 5.73 Å². The Labute approximate surface area is 183 Å². The van der Waals surface area contributed by atoms with Gasteiger partial charge < -0.3 is 11.1 Å². The molecule has 162 valence electrons. The van der Waals surface area contributed by atoms with Gasteiger partial charge in [0.2, 0.25) is 11.9 Å². The fourth-order valence-corrected chi connectivity index (χ4v) is 3.68. The lowest BCUT2D eigenvalue weighted by Crippen LogP contribution is -2.35. The van der Waals surface area contributed by atoms with E-state index in [1.807, 2.05) is 6.92 Å². The molecular formula is C21H21ClF2N6O. The number of alkyl halides is 1. The molecule has 0 unspecified atom stereocenters. The number of hydrogen-bond donors (Lipinski definition) is 2. The number of anilines is 1. The summed E-state index contributed by atoms with van der Waals surface area (Å²) in [4.78, 5) is 19.8. The Balaban J connectivity index is 1.81. The summed E-state index contributed by atoms with van der Waals surface area (Å²) in [5.41, 5.74) is 5.40. The third-order valence-corrected chi connectivity index (χ3v) is 5.09. The number of hydrogen-bond acceptors (Lipinski definition) is 6. The molecule has 3 aromatic rings. The Hall–Kier alpha value is -3.20. The number of carbonyl (C=O) groups excluding carboxylic acids is 1. The van der Waals surface area contributed by atoms with Crippen molar-refractivity contribution in [2.45, 2.75) is 31.9 Å². The first-order valence-corrected chi connectivity index (χ1v) is 9.86. The Morgan fingerprint density at radius 3 is 2.68 bits per heavy atom. The van der Waals surface area contributed by atoms with Gasteiger partial charge in [0.15, 0.2) is 0 Å². The van der Waals surface area contributed by atoms with Crippen molar-refractivity contribution in [3.8, 4) is 11.3 Å². The Morgan fingerprint density at radius 1 is 1.29 bits per heavy atom. The van der Waals surface area contributed by atoms with Crippen LogP contribution < -0.4 is 11.1 Å². The van der Waals surface area contributed by atoms with Crippen molar-refractivity contribution in [3.63, 3.8) is 0 Å². The number of halogens is 3. The summed E-state index contributed by atoms with van der Waals surface area (Å²) in [5, 5.41) is 11.4. The number of carbonyl (C=O) groups is 1. The van der Waals surface area contributed by atoms with Crippen LogP contribution in [-0.2, 0) is 5.41 Å². The molecule has 3 rings (SSSR count). The Kier molecular flexibility index (Phi) is 6.74. The van der Waals surface area contributed by atoms with Crippen LogP contribution >= 0.6 is 11.6 Å². The standard InChI is InChI=1S/C21H21ClF2N6O/c1-12(23)9-21(2,18-15(22)4-3-7-26-18)11-28-20-27-10-17(29-30-20)14-8-13(19(25)31)5-6-16(14)24/h3-8,10,12H,9,11H2,1-2H3,(H2,25,31)(H,27,28,30)/t12-,21-/m1/s1.